The minimum absolute atomic E-state index is 0.388. The van der Waals surface area contributed by atoms with Gasteiger partial charge in [-0.3, -0.25) is 5.32 Å². The van der Waals surface area contributed by atoms with Gasteiger partial charge in [-0.05, 0) is 19.9 Å². The summed E-state index contributed by atoms with van der Waals surface area (Å²) in [7, 11) is 0. The van der Waals surface area contributed by atoms with Gasteiger partial charge in [-0.15, -0.1) is 11.8 Å². The molecule has 2 atom stereocenters. The summed E-state index contributed by atoms with van der Waals surface area (Å²) in [5, 5.41) is 5.23. The average molecular weight is 233 g/mol. The number of nitrogens with one attached hydrogen (secondary N) is 1. The molecule has 2 unspecified atom stereocenters. The van der Waals surface area contributed by atoms with E-state index in [1.54, 1.807) is 0 Å². The summed E-state index contributed by atoms with van der Waals surface area (Å²) in [4.78, 5) is 0. The lowest BCUT2D eigenvalue weighted by Crippen LogP contribution is -2.22. The summed E-state index contributed by atoms with van der Waals surface area (Å²) < 4.78 is 5.79. The zero-order valence-electron chi connectivity index (χ0n) is 9.49. The van der Waals surface area contributed by atoms with E-state index in [9.17, 15) is 0 Å². The number of fused-ring (bicyclic) bond motifs is 1. The van der Waals surface area contributed by atoms with Gasteiger partial charge in [0.25, 0.3) is 0 Å². The molecule has 0 spiro atoms. The molecule has 0 aliphatic carbocycles. The van der Waals surface area contributed by atoms with Crippen molar-refractivity contribution in [1.29, 1.82) is 0 Å². The van der Waals surface area contributed by atoms with Crippen LogP contribution in [0.3, 0.4) is 0 Å². The zero-order valence-corrected chi connectivity index (χ0v) is 10.3. The van der Waals surface area contributed by atoms with Gasteiger partial charge < -0.3 is 4.42 Å². The Balaban J connectivity index is 2.12. The van der Waals surface area contributed by atoms with Crippen LogP contribution >= 0.6 is 11.8 Å². The molecule has 2 nitrogen and oxygen atoms in total. The maximum atomic E-state index is 5.79. The lowest BCUT2D eigenvalue weighted by Gasteiger charge is -2.10. The van der Waals surface area contributed by atoms with Crippen molar-refractivity contribution in [2.45, 2.75) is 25.3 Å². The lowest BCUT2D eigenvalue weighted by atomic mass is 10.1. The summed E-state index contributed by atoms with van der Waals surface area (Å²) in [6, 6.07) is 8.86. The Kier molecular flexibility index (Phi) is 2.45. The number of rotatable bonds is 1. The fraction of sp³-hybridized carbons (Fsp3) is 0.385. The zero-order chi connectivity index (χ0) is 11.1. The molecule has 0 radical (unpaired) electrons. The quantitative estimate of drug-likeness (QED) is 0.816. The average Bonchev–Trinajstić information content (AvgIpc) is 2.80. The van der Waals surface area contributed by atoms with E-state index in [2.05, 4.69) is 31.3 Å². The van der Waals surface area contributed by atoms with Crippen LogP contribution in [0.25, 0.3) is 11.0 Å². The number of furan rings is 1. The Labute approximate surface area is 99.4 Å². The monoisotopic (exact) mass is 233 g/mol. The van der Waals surface area contributed by atoms with Crippen LogP contribution in [0.1, 0.15) is 23.6 Å². The molecular weight excluding hydrogens is 218 g/mol. The van der Waals surface area contributed by atoms with Crippen molar-refractivity contribution >= 4 is 22.7 Å². The van der Waals surface area contributed by atoms with Crippen LogP contribution in [-0.4, -0.2) is 11.8 Å². The highest BCUT2D eigenvalue weighted by Gasteiger charge is 2.27. The Morgan fingerprint density at radius 3 is 2.94 bits per heavy atom. The molecule has 84 valence electrons. The fourth-order valence-corrected chi connectivity index (χ4v) is 3.64. The number of hydrogen-bond donors (Lipinski definition) is 1. The van der Waals surface area contributed by atoms with Crippen molar-refractivity contribution in [2.24, 2.45) is 0 Å². The van der Waals surface area contributed by atoms with Crippen molar-refractivity contribution in [3.8, 4) is 0 Å². The number of benzene rings is 1. The highest BCUT2D eigenvalue weighted by atomic mass is 32.2. The van der Waals surface area contributed by atoms with E-state index >= 15 is 0 Å². The van der Waals surface area contributed by atoms with Gasteiger partial charge in [0.05, 0.1) is 5.37 Å². The molecule has 1 aliphatic rings. The Hall–Kier alpha value is -0.930. The van der Waals surface area contributed by atoms with Crippen molar-refractivity contribution in [1.82, 2.24) is 5.32 Å². The van der Waals surface area contributed by atoms with Gasteiger partial charge in [0.1, 0.15) is 11.3 Å². The maximum absolute atomic E-state index is 5.79. The smallest absolute Gasteiger partial charge is 0.134 e. The number of thioether (sulfide) groups is 1. The van der Waals surface area contributed by atoms with Crippen molar-refractivity contribution in [3.05, 3.63) is 35.6 Å². The van der Waals surface area contributed by atoms with Crippen LogP contribution in [0, 0.1) is 6.92 Å². The second-order valence-corrected chi connectivity index (χ2v) is 5.49. The Morgan fingerprint density at radius 2 is 2.19 bits per heavy atom. The van der Waals surface area contributed by atoms with Crippen molar-refractivity contribution < 1.29 is 4.42 Å². The highest BCUT2D eigenvalue weighted by Crippen LogP contribution is 2.39. The van der Waals surface area contributed by atoms with Crippen LogP contribution in [-0.2, 0) is 0 Å². The first-order chi connectivity index (χ1) is 7.75. The van der Waals surface area contributed by atoms with Crippen molar-refractivity contribution in [3.63, 3.8) is 0 Å². The standard InChI is InChI=1S/C13H15NOS/c1-8-7-16-13(14-8)12-9(2)15-11-6-4-3-5-10(11)12/h3-6,8,13-14H,7H2,1-2H3. The largest absolute Gasteiger partial charge is 0.461 e. The second-order valence-electron chi connectivity index (χ2n) is 4.35. The predicted molar refractivity (Wildman–Crippen MR) is 68.7 cm³/mol. The molecule has 0 bridgehead atoms. The summed E-state index contributed by atoms with van der Waals surface area (Å²) in [6.45, 7) is 4.28. The minimum atomic E-state index is 0.388. The van der Waals surface area contributed by atoms with Gasteiger partial charge in [-0.25, -0.2) is 0 Å². The molecule has 16 heavy (non-hydrogen) atoms. The van der Waals surface area contributed by atoms with Gasteiger partial charge in [0.2, 0.25) is 0 Å². The van der Waals surface area contributed by atoms with Gasteiger partial charge in [0, 0.05) is 22.7 Å². The predicted octanol–water partition coefficient (Wildman–Crippen LogP) is 3.46. The molecule has 1 saturated heterocycles. The Bertz CT molecular complexity index is 520. The summed E-state index contributed by atoms with van der Waals surface area (Å²) in [5.41, 5.74) is 2.32. The molecule has 1 N–H and O–H groups in total. The molecular formula is C13H15NOS. The van der Waals surface area contributed by atoms with Gasteiger partial charge in [-0.2, -0.15) is 0 Å². The third-order valence-electron chi connectivity index (χ3n) is 3.03. The normalized spacial score (nSPS) is 25.4. The molecule has 2 heterocycles. The van der Waals surface area contributed by atoms with Crippen molar-refractivity contribution in [2.75, 3.05) is 5.75 Å². The van der Waals surface area contributed by atoms with E-state index in [0.29, 0.717) is 11.4 Å². The first-order valence-electron chi connectivity index (χ1n) is 5.61. The van der Waals surface area contributed by atoms with Crippen LogP contribution in [0.15, 0.2) is 28.7 Å². The maximum Gasteiger partial charge on any atom is 0.134 e. The first kappa shape index (κ1) is 10.2. The van der Waals surface area contributed by atoms with E-state index in [0.717, 1.165) is 11.3 Å². The van der Waals surface area contributed by atoms with Crippen LogP contribution in [0.2, 0.25) is 0 Å². The molecule has 2 aromatic rings. The summed E-state index contributed by atoms with van der Waals surface area (Å²) in [6.07, 6.45) is 0. The fourth-order valence-electron chi connectivity index (χ4n) is 2.28. The number of para-hydroxylation sites is 1. The molecule has 1 aromatic carbocycles. The molecule has 3 heteroatoms. The third kappa shape index (κ3) is 1.55. The van der Waals surface area contributed by atoms with E-state index in [4.69, 9.17) is 4.42 Å². The molecule has 3 rings (SSSR count). The van der Waals surface area contributed by atoms with E-state index in [-0.39, 0.29) is 0 Å². The Morgan fingerprint density at radius 1 is 1.38 bits per heavy atom. The summed E-state index contributed by atoms with van der Waals surface area (Å²) >= 11 is 1.97. The molecule has 1 fully saturated rings. The molecule has 1 aliphatic heterocycles. The molecule has 1 aromatic heterocycles. The third-order valence-corrected chi connectivity index (χ3v) is 4.43. The molecule has 0 saturated carbocycles. The summed E-state index contributed by atoms with van der Waals surface area (Å²) in [5.74, 6) is 2.21. The topological polar surface area (TPSA) is 25.2 Å². The highest BCUT2D eigenvalue weighted by molar-refractivity contribution is 7.99. The first-order valence-corrected chi connectivity index (χ1v) is 6.66. The van der Waals surface area contributed by atoms with Gasteiger partial charge in [-0.1, -0.05) is 18.2 Å². The van der Waals surface area contributed by atoms with Crippen LogP contribution in [0.5, 0.6) is 0 Å². The van der Waals surface area contributed by atoms with Crippen LogP contribution in [0.4, 0.5) is 0 Å². The number of aryl methyl sites for hydroxylation is 1. The minimum Gasteiger partial charge on any atom is -0.461 e. The van der Waals surface area contributed by atoms with E-state index < -0.39 is 0 Å². The lowest BCUT2D eigenvalue weighted by molar-refractivity contribution is 0.558. The van der Waals surface area contributed by atoms with E-state index in [1.165, 1.54) is 16.7 Å². The molecule has 0 amide bonds. The SMILES string of the molecule is Cc1oc2ccccc2c1C1NC(C)CS1. The number of hydrogen-bond acceptors (Lipinski definition) is 3. The van der Waals surface area contributed by atoms with E-state index in [1.807, 2.05) is 23.9 Å². The second kappa shape index (κ2) is 3.82. The van der Waals surface area contributed by atoms with Gasteiger partial charge >= 0.3 is 0 Å². The van der Waals surface area contributed by atoms with Crippen LogP contribution < -0.4 is 5.32 Å². The van der Waals surface area contributed by atoms with Gasteiger partial charge in [0.15, 0.2) is 0 Å².